The van der Waals surface area contributed by atoms with E-state index in [0.29, 0.717) is 12.4 Å². The quantitative estimate of drug-likeness (QED) is 0.312. The molecule has 0 aliphatic heterocycles. The van der Waals surface area contributed by atoms with Crippen LogP contribution in [0.15, 0.2) is 109 Å². The Labute approximate surface area is 193 Å². The van der Waals surface area contributed by atoms with Gasteiger partial charge < -0.3 is 14.6 Å². The zero-order valence-corrected chi connectivity index (χ0v) is 18.1. The highest BCUT2D eigenvalue weighted by atomic mass is 16.5. The Hall–Kier alpha value is -4.31. The van der Waals surface area contributed by atoms with Crippen LogP contribution in [0, 0.1) is 0 Å². The van der Waals surface area contributed by atoms with Crippen LogP contribution in [0.5, 0.6) is 11.5 Å². The lowest BCUT2D eigenvalue weighted by molar-refractivity contribution is -0.139. The van der Waals surface area contributed by atoms with Crippen molar-refractivity contribution in [3.05, 3.63) is 131 Å². The molecule has 0 aliphatic rings. The van der Waals surface area contributed by atoms with Gasteiger partial charge in [-0.3, -0.25) is 0 Å². The molecule has 164 valence electrons. The lowest BCUT2D eigenvalue weighted by atomic mass is 9.95. The van der Waals surface area contributed by atoms with Gasteiger partial charge in [-0.25, -0.2) is 4.79 Å². The monoisotopic (exact) mass is 436 g/mol. The first-order chi connectivity index (χ1) is 16.2. The third-order valence-corrected chi connectivity index (χ3v) is 5.05. The Morgan fingerprint density at radius 2 is 1.18 bits per heavy atom. The number of rotatable bonds is 9. The van der Waals surface area contributed by atoms with Crippen LogP contribution in [-0.4, -0.2) is 17.7 Å². The molecule has 1 N–H and O–H groups in total. The molecule has 0 aliphatic carbocycles. The van der Waals surface area contributed by atoms with Crippen molar-refractivity contribution in [1.82, 2.24) is 0 Å². The van der Waals surface area contributed by atoms with E-state index in [1.54, 1.807) is 12.1 Å². The molecular formula is C29H24O4. The van der Waals surface area contributed by atoms with Crippen LogP contribution in [0.25, 0.3) is 11.6 Å². The van der Waals surface area contributed by atoms with E-state index in [0.717, 1.165) is 33.6 Å². The standard InChI is InChI=1S/C29H24O4/c30-29(31)21-33-27-17-13-25(14-18-27)28(19-22-7-3-1-4-8-22)24-11-15-26(16-12-24)32-20-23-9-5-2-6-10-23/h1-19H,20-21H2,(H,30,31)/b28-19-. The number of carbonyl (C=O) groups is 1. The molecule has 0 bridgehead atoms. The average Bonchev–Trinajstić information content (AvgIpc) is 2.87. The zero-order chi connectivity index (χ0) is 22.9. The number of hydrogen-bond acceptors (Lipinski definition) is 3. The lowest BCUT2D eigenvalue weighted by Gasteiger charge is -2.12. The van der Waals surface area contributed by atoms with Crippen LogP contribution in [0.2, 0.25) is 0 Å². The van der Waals surface area contributed by atoms with Crippen LogP contribution >= 0.6 is 0 Å². The maximum Gasteiger partial charge on any atom is 0.341 e. The van der Waals surface area contributed by atoms with E-state index in [2.05, 4.69) is 18.2 Å². The normalized spacial score (nSPS) is 11.1. The van der Waals surface area contributed by atoms with E-state index in [4.69, 9.17) is 14.6 Å². The molecule has 0 heterocycles. The van der Waals surface area contributed by atoms with Gasteiger partial charge >= 0.3 is 5.97 Å². The summed E-state index contributed by atoms with van der Waals surface area (Å²) in [6, 6.07) is 35.7. The predicted octanol–water partition coefficient (Wildman–Crippen LogP) is 6.32. The molecule has 4 rings (SSSR count). The van der Waals surface area contributed by atoms with Gasteiger partial charge in [0.25, 0.3) is 0 Å². The molecule has 0 atom stereocenters. The van der Waals surface area contributed by atoms with E-state index in [1.165, 1.54) is 0 Å². The first kappa shape index (κ1) is 21.9. The minimum atomic E-state index is -1.00. The molecule has 0 fully saturated rings. The van der Waals surface area contributed by atoms with Crippen molar-refractivity contribution in [3.63, 3.8) is 0 Å². The van der Waals surface area contributed by atoms with Gasteiger partial charge in [-0.2, -0.15) is 0 Å². The summed E-state index contributed by atoms with van der Waals surface area (Å²) in [4.78, 5) is 10.7. The van der Waals surface area contributed by atoms with Gasteiger partial charge in [0, 0.05) is 0 Å². The lowest BCUT2D eigenvalue weighted by Crippen LogP contribution is -2.09. The summed E-state index contributed by atoms with van der Waals surface area (Å²) in [6.45, 7) is 0.154. The van der Waals surface area contributed by atoms with Gasteiger partial charge in [0.2, 0.25) is 0 Å². The van der Waals surface area contributed by atoms with Crippen LogP contribution in [0.3, 0.4) is 0 Å². The molecule has 0 spiro atoms. The molecule has 4 aromatic rings. The minimum absolute atomic E-state index is 0.365. The molecule has 0 amide bonds. The highest BCUT2D eigenvalue weighted by Gasteiger charge is 2.08. The summed E-state index contributed by atoms with van der Waals surface area (Å²) in [5, 5.41) is 8.81. The highest BCUT2D eigenvalue weighted by molar-refractivity contribution is 5.91. The summed E-state index contributed by atoms with van der Waals surface area (Å²) in [5.74, 6) is 0.322. The second-order valence-electron chi connectivity index (χ2n) is 7.47. The summed E-state index contributed by atoms with van der Waals surface area (Å²) >= 11 is 0. The van der Waals surface area contributed by atoms with Gasteiger partial charge in [-0.15, -0.1) is 0 Å². The molecule has 4 aromatic carbocycles. The summed E-state index contributed by atoms with van der Waals surface area (Å²) < 4.78 is 11.2. The number of hydrogen-bond donors (Lipinski definition) is 1. The van der Waals surface area contributed by atoms with Crippen molar-refractivity contribution >= 4 is 17.6 Å². The van der Waals surface area contributed by atoms with Gasteiger partial charge in [0.15, 0.2) is 6.61 Å². The second kappa shape index (κ2) is 10.8. The van der Waals surface area contributed by atoms with Crippen LogP contribution in [0.4, 0.5) is 0 Å². The number of aliphatic carboxylic acids is 1. The second-order valence-corrected chi connectivity index (χ2v) is 7.47. The van der Waals surface area contributed by atoms with E-state index in [9.17, 15) is 4.79 Å². The molecule has 4 heteroatoms. The topological polar surface area (TPSA) is 55.8 Å². The summed E-state index contributed by atoms with van der Waals surface area (Å²) in [6.07, 6.45) is 2.13. The van der Waals surface area contributed by atoms with Crippen molar-refractivity contribution < 1.29 is 19.4 Å². The first-order valence-electron chi connectivity index (χ1n) is 10.7. The first-order valence-corrected chi connectivity index (χ1v) is 10.7. The predicted molar refractivity (Wildman–Crippen MR) is 130 cm³/mol. The minimum Gasteiger partial charge on any atom is -0.489 e. The maximum absolute atomic E-state index is 10.7. The molecule has 0 aromatic heterocycles. The third kappa shape index (κ3) is 6.34. The Morgan fingerprint density at radius 1 is 0.667 bits per heavy atom. The fraction of sp³-hybridized carbons (Fsp3) is 0.0690. The third-order valence-electron chi connectivity index (χ3n) is 5.05. The van der Waals surface area contributed by atoms with Gasteiger partial charge in [0.1, 0.15) is 18.1 Å². The molecule has 0 radical (unpaired) electrons. The number of carboxylic acid groups (broad SMARTS) is 1. The van der Waals surface area contributed by atoms with Crippen molar-refractivity contribution in [3.8, 4) is 11.5 Å². The molecule has 33 heavy (non-hydrogen) atoms. The van der Waals surface area contributed by atoms with E-state index in [1.807, 2.05) is 84.9 Å². The Balaban J connectivity index is 1.57. The van der Waals surface area contributed by atoms with Crippen LogP contribution in [0.1, 0.15) is 22.3 Å². The molecule has 4 nitrogen and oxygen atoms in total. The van der Waals surface area contributed by atoms with Crippen LogP contribution < -0.4 is 9.47 Å². The smallest absolute Gasteiger partial charge is 0.341 e. The Morgan fingerprint density at radius 3 is 1.73 bits per heavy atom. The summed E-state index contributed by atoms with van der Waals surface area (Å²) in [5.41, 5.74) is 5.30. The van der Waals surface area contributed by atoms with E-state index < -0.39 is 5.97 Å². The average molecular weight is 437 g/mol. The van der Waals surface area contributed by atoms with Crippen molar-refractivity contribution in [2.75, 3.05) is 6.61 Å². The van der Waals surface area contributed by atoms with Crippen LogP contribution in [-0.2, 0) is 11.4 Å². The molecular weight excluding hydrogens is 412 g/mol. The van der Waals surface area contributed by atoms with E-state index in [-0.39, 0.29) is 6.61 Å². The number of benzene rings is 4. The highest BCUT2D eigenvalue weighted by Crippen LogP contribution is 2.29. The zero-order valence-electron chi connectivity index (χ0n) is 18.1. The van der Waals surface area contributed by atoms with Gasteiger partial charge in [-0.1, -0.05) is 84.9 Å². The van der Waals surface area contributed by atoms with Crippen molar-refractivity contribution in [1.29, 1.82) is 0 Å². The Kier molecular flexibility index (Phi) is 7.18. The fourth-order valence-corrected chi connectivity index (χ4v) is 3.40. The van der Waals surface area contributed by atoms with Gasteiger partial charge in [0.05, 0.1) is 0 Å². The fourth-order valence-electron chi connectivity index (χ4n) is 3.40. The molecule has 0 unspecified atom stereocenters. The number of ether oxygens (including phenoxy) is 2. The molecule has 0 saturated carbocycles. The molecule has 0 saturated heterocycles. The van der Waals surface area contributed by atoms with Crippen molar-refractivity contribution in [2.24, 2.45) is 0 Å². The Bertz CT molecular complexity index is 1200. The van der Waals surface area contributed by atoms with Gasteiger partial charge in [-0.05, 0) is 58.2 Å². The SMILES string of the molecule is O=C(O)COc1ccc(/C(=C\c2ccccc2)c2ccc(OCc3ccccc3)cc2)cc1. The van der Waals surface area contributed by atoms with Crippen molar-refractivity contribution in [2.45, 2.75) is 6.61 Å². The van der Waals surface area contributed by atoms with E-state index >= 15 is 0 Å². The number of carboxylic acids is 1. The summed E-state index contributed by atoms with van der Waals surface area (Å²) in [7, 11) is 0. The maximum atomic E-state index is 10.7. The largest absolute Gasteiger partial charge is 0.489 e.